The lowest BCUT2D eigenvalue weighted by Crippen LogP contribution is -3.17. The van der Waals surface area contributed by atoms with Crippen LogP contribution < -0.4 is 23.8 Å². The summed E-state index contributed by atoms with van der Waals surface area (Å²) in [5.41, 5.74) is 5.88. The first kappa shape index (κ1) is 37.7. The summed E-state index contributed by atoms with van der Waals surface area (Å²) in [5, 5.41) is 13.3. The van der Waals surface area contributed by atoms with E-state index >= 15 is 0 Å². The van der Waals surface area contributed by atoms with Crippen LogP contribution in [0, 0.1) is 11.8 Å². The van der Waals surface area contributed by atoms with Crippen molar-refractivity contribution in [1.29, 1.82) is 0 Å². The molecule has 1 aliphatic rings. The molecule has 6 aromatic rings. The van der Waals surface area contributed by atoms with Crippen molar-refractivity contribution >= 4 is 10.9 Å². The van der Waals surface area contributed by atoms with Gasteiger partial charge in [-0.25, -0.2) is 0 Å². The number of fused-ring (bicyclic) bond motifs is 1. The highest BCUT2D eigenvalue weighted by Crippen LogP contribution is 2.41. The lowest BCUT2D eigenvalue weighted by molar-refractivity contribution is -0.952. The summed E-state index contributed by atoms with van der Waals surface area (Å²) < 4.78 is 25.4. The molecule has 1 saturated heterocycles. The number of quaternary nitrogens is 1. The predicted molar refractivity (Wildman–Crippen MR) is 217 cm³/mol. The first-order valence-electron chi connectivity index (χ1n) is 19.3. The molecule has 0 radical (unpaired) electrons. The van der Waals surface area contributed by atoms with Gasteiger partial charge in [0.15, 0.2) is 11.5 Å². The van der Waals surface area contributed by atoms with Gasteiger partial charge in [0.05, 0.1) is 19.2 Å². The van der Waals surface area contributed by atoms with Gasteiger partial charge in [0.25, 0.3) is 0 Å². The number of piperidine rings is 1. The Morgan fingerprint density at radius 2 is 1.35 bits per heavy atom. The van der Waals surface area contributed by atoms with E-state index in [4.69, 9.17) is 18.9 Å². The normalized spacial score (nSPS) is 18.7. The average Bonchev–Trinajstić information content (AvgIpc) is 3.24. The molecule has 7 rings (SSSR count). The number of nitrogens with zero attached hydrogens (tertiary/aromatic N) is 1. The molecular weight excluding hydrogens is 685 g/mol. The third kappa shape index (κ3) is 9.19. The van der Waals surface area contributed by atoms with Crippen molar-refractivity contribution < 1.29 is 29.0 Å². The molecule has 0 bridgehead atoms. The quantitative estimate of drug-likeness (QED) is 0.0970. The van der Waals surface area contributed by atoms with Crippen molar-refractivity contribution in [2.75, 3.05) is 13.7 Å². The third-order valence-electron chi connectivity index (χ3n) is 10.9. The highest BCUT2D eigenvalue weighted by Gasteiger charge is 2.41. The summed E-state index contributed by atoms with van der Waals surface area (Å²) in [7, 11) is 1.66. The standard InChI is InChI=1S/C48H50N2O5/c1-4-38-27-44(47(51)41-23-24-49-43-22-21-40(52-3)28-42(41)43)50(30-39(38)5-2)29-37-25-45(53-31-34-15-9-6-10-16-34)48(55-33-36-19-13-8-14-20-36)46(26-37)54-32-35-17-11-7-12-18-35/h5-26,28,38-39,44,47,51H,2,4,27,29-33H2,1,3H3/p+1/t38?,39?,44-,47+/m1/s1. The van der Waals surface area contributed by atoms with E-state index < -0.39 is 6.10 Å². The number of hydrogen-bond donors (Lipinski definition) is 2. The number of nitrogens with one attached hydrogen (secondary N) is 1. The molecule has 1 fully saturated rings. The molecule has 1 aromatic heterocycles. The fourth-order valence-electron chi connectivity index (χ4n) is 7.89. The number of aromatic nitrogens is 1. The second-order valence-electron chi connectivity index (χ2n) is 14.4. The summed E-state index contributed by atoms with van der Waals surface area (Å²) in [5.74, 6) is 3.26. The van der Waals surface area contributed by atoms with Gasteiger partial charge in [-0.3, -0.25) is 4.98 Å². The maximum Gasteiger partial charge on any atom is 0.203 e. The highest BCUT2D eigenvalue weighted by atomic mass is 16.5. The number of rotatable bonds is 16. The minimum absolute atomic E-state index is 0.0886. The molecule has 0 saturated carbocycles. The Bertz CT molecular complexity index is 2080. The van der Waals surface area contributed by atoms with Crippen LogP contribution in [0.1, 0.15) is 53.7 Å². The maximum absolute atomic E-state index is 12.4. The fraction of sp³-hybridized carbons (Fsp3) is 0.271. The topological polar surface area (TPSA) is 74.5 Å². The van der Waals surface area contributed by atoms with Crippen molar-refractivity contribution in [3.63, 3.8) is 0 Å². The SMILES string of the molecule is C=CC1C[NH+](Cc2cc(OCc3ccccc3)c(OCc3ccccc3)c(OCc3ccccc3)c2)[C@@H]([C@@H](O)c2ccnc3ccc(OC)cc23)CC1CC. The van der Waals surface area contributed by atoms with E-state index in [1.54, 1.807) is 13.3 Å². The highest BCUT2D eigenvalue weighted by molar-refractivity contribution is 5.84. The summed E-state index contributed by atoms with van der Waals surface area (Å²) in [4.78, 5) is 5.88. The number of methoxy groups -OCH3 is 1. The van der Waals surface area contributed by atoms with Gasteiger partial charge in [0.1, 0.15) is 44.3 Å². The molecule has 2 N–H and O–H groups in total. The van der Waals surface area contributed by atoms with E-state index in [1.807, 2.05) is 78.9 Å². The van der Waals surface area contributed by atoms with E-state index in [2.05, 4.69) is 73.1 Å². The average molecular weight is 736 g/mol. The Morgan fingerprint density at radius 3 is 1.89 bits per heavy atom. The van der Waals surface area contributed by atoms with Crippen molar-refractivity contribution in [2.45, 2.75) is 58.3 Å². The zero-order valence-corrected chi connectivity index (χ0v) is 31.8. The van der Waals surface area contributed by atoms with Crippen LogP contribution in [0.25, 0.3) is 10.9 Å². The Kier molecular flexibility index (Phi) is 12.4. The smallest absolute Gasteiger partial charge is 0.203 e. The van der Waals surface area contributed by atoms with Crippen LogP contribution in [-0.2, 0) is 26.4 Å². The molecule has 282 valence electrons. The number of likely N-dealkylation sites (tertiary alicyclic amines) is 1. The Morgan fingerprint density at radius 1 is 0.764 bits per heavy atom. The van der Waals surface area contributed by atoms with E-state index in [-0.39, 0.29) is 6.04 Å². The molecule has 55 heavy (non-hydrogen) atoms. The zero-order valence-electron chi connectivity index (χ0n) is 31.8. The minimum atomic E-state index is -0.733. The molecule has 0 aliphatic carbocycles. The maximum atomic E-state index is 12.4. The Labute approximate surface area is 324 Å². The lowest BCUT2D eigenvalue weighted by Gasteiger charge is -2.42. The Balaban J connectivity index is 1.27. The van der Waals surface area contributed by atoms with Crippen LogP contribution in [0.2, 0.25) is 0 Å². The number of pyridine rings is 1. The van der Waals surface area contributed by atoms with Crippen LogP contribution in [0.5, 0.6) is 23.0 Å². The predicted octanol–water partition coefficient (Wildman–Crippen LogP) is 8.70. The van der Waals surface area contributed by atoms with Crippen LogP contribution in [-0.4, -0.2) is 29.8 Å². The number of hydrogen-bond acceptors (Lipinski definition) is 6. The molecule has 7 heteroatoms. The first-order chi connectivity index (χ1) is 27.0. The second-order valence-corrected chi connectivity index (χ2v) is 14.4. The molecule has 2 heterocycles. The van der Waals surface area contributed by atoms with Crippen LogP contribution in [0.3, 0.4) is 0 Å². The van der Waals surface area contributed by atoms with Crippen molar-refractivity contribution in [1.82, 2.24) is 4.98 Å². The number of ether oxygens (including phenoxy) is 4. The largest absolute Gasteiger partial charge is 0.497 e. The zero-order chi connectivity index (χ0) is 38.0. The molecule has 7 nitrogen and oxygen atoms in total. The van der Waals surface area contributed by atoms with Gasteiger partial charge >= 0.3 is 0 Å². The van der Waals surface area contributed by atoms with Gasteiger partial charge in [-0.2, -0.15) is 0 Å². The number of benzene rings is 5. The Hall–Kier alpha value is -5.63. The molecular formula is C48H51N2O5+. The summed E-state index contributed by atoms with van der Waals surface area (Å²) >= 11 is 0. The van der Waals surface area contributed by atoms with Gasteiger partial charge in [-0.15, -0.1) is 6.58 Å². The van der Waals surface area contributed by atoms with Crippen LogP contribution in [0.15, 0.2) is 146 Å². The molecule has 5 aromatic carbocycles. The van der Waals surface area contributed by atoms with E-state index in [1.165, 1.54) is 4.90 Å². The summed E-state index contributed by atoms with van der Waals surface area (Å²) in [6.45, 7) is 9.07. The minimum Gasteiger partial charge on any atom is -0.497 e. The lowest BCUT2D eigenvalue weighted by atomic mass is 9.77. The fourth-order valence-corrected chi connectivity index (χ4v) is 7.89. The van der Waals surface area contributed by atoms with Gasteiger partial charge < -0.3 is 29.0 Å². The van der Waals surface area contributed by atoms with Gasteiger partial charge in [-0.05, 0) is 64.6 Å². The van der Waals surface area contributed by atoms with Crippen LogP contribution >= 0.6 is 0 Å². The van der Waals surface area contributed by atoms with Crippen molar-refractivity contribution in [3.05, 3.63) is 174 Å². The molecule has 0 amide bonds. The summed E-state index contributed by atoms with van der Waals surface area (Å²) in [6, 6.07) is 42.3. The first-order valence-corrected chi connectivity index (χ1v) is 19.3. The number of aliphatic hydroxyl groups excluding tert-OH is 1. The van der Waals surface area contributed by atoms with E-state index in [0.29, 0.717) is 55.4 Å². The van der Waals surface area contributed by atoms with E-state index in [9.17, 15) is 5.11 Å². The van der Waals surface area contributed by atoms with Gasteiger partial charge in [0, 0.05) is 29.5 Å². The van der Waals surface area contributed by atoms with Crippen molar-refractivity contribution in [3.8, 4) is 23.0 Å². The van der Waals surface area contributed by atoms with Crippen LogP contribution in [0.4, 0.5) is 0 Å². The van der Waals surface area contributed by atoms with E-state index in [0.717, 1.165) is 63.9 Å². The molecule has 0 spiro atoms. The van der Waals surface area contributed by atoms with Gasteiger partial charge in [0.2, 0.25) is 5.75 Å². The molecule has 3 unspecified atom stereocenters. The monoisotopic (exact) mass is 735 g/mol. The number of aliphatic hydroxyl groups is 1. The third-order valence-corrected chi connectivity index (χ3v) is 10.9. The molecule has 1 aliphatic heterocycles. The van der Waals surface area contributed by atoms with Crippen molar-refractivity contribution in [2.24, 2.45) is 11.8 Å². The van der Waals surface area contributed by atoms with Gasteiger partial charge in [-0.1, -0.05) is 110 Å². The second kappa shape index (κ2) is 18.1. The molecule has 5 atom stereocenters. The summed E-state index contributed by atoms with van der Waals surface area (Å²) in [6.07, 6.45) is 5.03.